The third-order valence-electron chi connectivity index (χ3n) is 8.20. The van der Waals surface area contributed by atoms with Crippen LogP contribution in [-0.4, -0.2) is 54.5 Å². The summed E-state index contributed by atoms with van der Waals surface area (Å²) in [5, 5.41) is 9.16. The van der Waals surface area contributed by atoms with E-state index in [1.54, 1.807) is 0 Å². The number of carbonyl (C=O) groups is 2. The Labute approximate surface area is 260 Å². The molecule has 0 bridgehead atoms. The maximum absolute atomic E-state index is 13.7. The third kappa shape index (κ3) is 8.42. The number of rotatable bonds is 11. The summed E-state index contributed by atoms with van der Waals surface area (Å²) in [7, 11) is 0. The minimum atomic E-state index is -0.550. The number of anilines is 1. The smallest absolute Gasteiger partial charge is 0.319 e. The van der Waals surface area contributed by atoms with Crippen LogP contribution in [0.5, 0.6) is 0 Å². The molecule has 0 saturated carbocycles. The molecule has 0 spiro atoms. The first-order chi connectivity index (χ1) is 21.5. The summed E-state index contributed by atoms with van der Waals surface area (Å²) in [6.45, 7) is 5.32. The topological polar surface area (TPSA) is 86.4 Å². The van der Waals surface area contributed by atoms with E-state index in [9.17, 15) is 9.59 Å². The number of likely N-dealkylation sites (tertiary alicyclic amines) is 1. The van der Waals surface area contributed by atoms with Gasteiger partial charge in [0.25, 0.3) is 0 Å². The molecule has 0 radical (unpaired) electrons. The van der Waals surface area contributed by atoms with Gasteiger partial charge in [-0.25, -0.2) is 4.79 Å². The lowest BCUT2D eigenvalue weighted by Crippen LogP contribution is -2.53. The molecule has 1 aliphatic heterocycles. The van der Waals surface area contributed by atoms with Crippen molar-refractivity contribution < 1.29 is 9.59 Å². The fourth-order valence-electron chi connectivity index (χ4n) is 5.80. The van der Waals surface area contributed by atoms with Crippen molar-refractivity contribution in [1.29, 1.82) is 0 Å². The summed E-state index contributed by atoms with van der Waals surface area (Å²) in [6.07, 6.45) is 6.22. The van der Waals surface area contributed by atoms with Crippen LogP contribution in [0.25, 0.3) is 12.2 Å². The molecule has 2 heterocycles. The molecule has 1 aliphatic rings. The molecule has 3 N–H and O–H groups in total. The number of amides is 3. The first-order valence-electron chi connectivity index (χ1n) is 15.4. The molecule has 44 heavy (non-hydrogen) atoms. The Hall–Kier alpha value is -4.75. The molecule has 3 amide bonds. The average Bonchev–Trinajstić information content (AvgIpc) is 3.05. The quantitative estimate of drug-likeness (QED) is 0.199. The van der Waals surface area contributed by atoms with Gasteiger partial charge in [-0.05, 0) is 74.2 Å². The van der Waals surface area contributed by atoms with E-state index in [0.29, 0.717) is 25.3 Å². The monoisotopic (exact) mass is 587 g/mol. The van der Waals surface area contributed by atoms with Gasteiger partial charge >= 0.3 is 6.03 Å². The van der Waals surface area contributed by atoms with E-state index in [0.717, 1.165) is 54.9 Å². The van der Waals surface area contributed by atoms with Crippen molar-refractivity contribution in [1.82, 2.24) is 20.5 Å². The van der Waals surface area contributed by atoms with Crippen molar-refractivity contribution in [3.8, 4) is 0 Å². The maximum atomic E-state index is 13.7. The summed E-state index contributed by atoms with van der Waals surface area (Å²) in [4.78, 5) is 33.2. The van der Waals surface area contributed by atoms with Crippen molar-refractivity contribution in [2.75, 3.05) is 38.0 Å². The Kier molecular flexibility index (Phi) is 10.5. The number of aryl methyl sites for hydroxylation is 1. The first kappa shape index (κ1) is 30.7. The van der Waals surface area contributed by atoms with Gasteiger partial charge in [-0.1, -0.05) is 97.1 Å². The molecule has 0 aliphatic carbocycles. The minimum Gasteiger partial charge on any atom is -0.355 e. The lowest BCUT2D eigenvalue weighted by atomic mass is 9.72. The Morgan fingerprint density at radius 3 is 2.18 bits per heavy atom. The maximum Gasteiger partial charge on any atom is 0.319 e. The normalized spacial score (nSPS) is 14.7. The Balaban J connectivity index is 1.11. The van der Waals surface area contributed by atoms with Crippen molar-refractivity contribution in [3.05, 3.63) is 131 Å². The van der Waals surface area contributed by atoms with Crippen LogP contribution < -0.4 is 16.0 Å². The standard InChI is InChI=1S/C37H41N5O2/c1-29-27-34(28-33(40-29)18-17-30-11-5-2-6-12-30)41-36(44)39-23-26-42-24-20-37(21-25-42,32-15-9-4-10-16-32)35(43)38-22-19-31-13-7-3-8-14-31/h2-18,27-28H,19-26H2,1H3,(H,38,43)(H2,39,40,41,44)/b18-17+. The van der Waals surface area contributed by atoms with Gasteiger partial charge in [0.1, 0.15) is 0 Å². The number of nitrogens with zero attached hydrogens (tertiary/aromatic N) is 2. The average molecular weight is 588 g/mol. The summed E-state index contributed by atoms with van der Waals surface area (Å²) in [5.41, 5.74) is 5.13. The first-order valence-corrected chi connectivity index (χ1v) is 15.4. The van der Waals surface area contributed by atoms with E-state index in [-0.39, 0.29) is 11.9 Å². The van der Waals surface area contributed by atoms with Gasteiger partial charge in [-0.2, -0.15) is 0 Å². The zero-order valence-corrected chi connectivity index (χ0v) is 25.3. The molecule has 226 valence electrons. The molecule has 3 aromatic carbocycles. The molecule has 1 aromatic heterocycles. The largest absolute Gasteiger partial charge is 0.355 e. The second-order valence-corrected chi connectivity index (χ2v) is 11.3. The van der Waals surface area contributed by atoms with Gasteiger partial charge < -0.3 is 20.9 Å². The fraction of sp³-hybridized carbons (Fsp3) is 0.270. The number of aromatic nitrogens is 1. The molecule has 7 nitrogen and oxygen atoms in total. The van der Waals surface area contributed by atoms with Crippen LogP contribution in [0.15, 0.2) is 103 Å². The summed E-state index contributed by atoms with van der Waals surface area (Å²) in [6, 6.07) is 33.9. The van der Waals surface area contributed by atoms with Crippen LogP contribution in [0.3, 0.4) is 0 Å². The van der Waals surface area contributed by atoms with Gasteiger partial charge in [-0.3, -0.25) is 9.78 Å². The third-order valence-corrected chi connectivity index (χ3v) is 8.20. The fourth-order valence-corrected chi connectivity index (χ4v) is 5.80. The second-order valence-electron chi connectivity index (χ2n) is 11.3. The number of carbonyl (C=O) groups excluding carboxylic acids is 2. The van der Waals surface area contributed by atoms with Gasteiger partial charge in [0, 0.05) is 31.0 Å². The highest BCUT2D eigenvalue weighted by Gasteiger charge is 2.42. The highest BCUT2D eigenvalue weighted by molar-refractivity contribution is 5.90. The van der Waals surface area contributed by atoms with E-state index < -0.39 is 5.41 Å². The van der Waals surface area contributed by atoms with Crippen LogP contribution in [0, 0.1) is 6.92 Å². The van der Waals surface area contributed by atoms with Gasteiger partial charge in [0.05, 0.1) is 11.1 Å². The van der Waals surface area contributed by atoms with Crippen molar-refractivity contribution in [2.24, 2.45) is 0 Å². The molecular formula is C37H41N5O2. The Bertz CT molecular complexity index is 1530. The highest BCUT2D eigenvalue weighted by atomic mass is 16.2. The summed E-state index contributed by atoms with van der Waals surface area (Å²) >= 11 is 0. The molecule has 4 aromatic rings. The molecular weight excluding hydrogens is 546 g/mol. The molecule has 7 heteroatoms. The Morgan fingerprint density at radius 2 is 1.48 bits per heavy atom. The predicted octanol–water partition coefficient (Wildman–Crippen LogP) is 6.07. The highest BCUT2D eigenvalue weighted by Crippen LogP contribution is 2.36. The van der Waals surface area contributed by atoms with E-state index in [2.05, 4.69) is 50.1 Å². The van der Waals surface area contributed by atoms with E-state index in [1.807, 2.05) is 97.9 Å². The number of piperidine rings is 1. The van der Waals surface area contributed by atoms with Crippen LogP contribution in [0.4, 0.5) is 10.5 Å². The zero-order valence-electron chi connectivity index (χ0n) is 25.3. The molecule has 0 unspecified atom stereocenters. The number of hydrogen-bond acceptors (Lipinski definition) is 4. The number of hydrogen-bond donors (Lipinski definition) is 3. The SMILES string of the molecule is Cc1cc(NC(=O)NCCN2CCC(C(=O)NCCc3ccccc3)(c3ccccc3)CC2)cc(/C=C/c2ccccc2)n1. The predicted molar refractivity (Wildman–Crippen MR) is 178 cm³/mol. The number of benzene rings is 3. The summed E-state index contributed by atoms with van der Waals surface area (Å²) in [5.74, 6) is 0.0995. The van der Waals surface area contributed by atoms with Crippen LogP contribution in [-0.2, 0) is 16.6 Å². The van der Waals surface area contributed by atoms with Crippen LogP contribution >= 0.6 is 0 Å². The number of nitrogens with one attached hydrogen (secondary N) is 3. The van der Waals surface area contributed by atoms with Gasteiger partial charge in [-0.15, -0.1) is 0 Å². The molecule has 5 rings (SSSR count). The Morgan fingerprint density at radius 1 is 0.818 bits per heavy atom. The van der Waals surface area contributed by atoms with Crippen LogP contribution in [0.2, 0.25) is 0 Å². The van der Waals surface area contributed by atoms with Gasteiger partial charge in [0.2, 0.25) is 5.91 Å². The van der Waals surface area contributed by atoms with E-state index >= 15 is 0 Å². The lowest BCUT2D eigenvalue weighted by molar-refractivity contribution is -0.128. The van der Waals surface area contributed by atoms with Crippen molar-refractivity contribution in [2.45, 2.75) is 31.6 Å². The lowest BCUT2D eigenvalue weighted by Gasteiger charge is -2.41. The van der Waals surface area contributed by atoms with E-state index in [1.165, 1.54) is 5.56 Å². The van der Waals surface area contributed by atoms with Gasteiger partial charge in [0.15, 0.2) is 0 Å². The summed E-state index contributed by atoms with van der Waals surface area (Å²) < 4.78 is 0. The van der Waals surface area contributed by atoms with Crippen molar-refractivity contribution >= 4 is 29.8 Å². The zero-order chi connectivity index (χ0) is 30.6. The minimum absolute atomic E-state index is 0.0995. The number of pyridine rings is 1. The molecule has 1 fully saturated rings. The molecule has 0 atom stereocenters. The molecule has 1 saturated heterocycles. The van der Waals surface area contributed by atoms with Crippen LogP contribution in [0.1, 0.15) is 40.9 Å². The van der Waals surface area contributed by atoms with Crippen molar-refractivity contribution in [3.63, 3.8) is 0 Å². The second kappa shape index (κ2) is 15.1. The van der Waals surface area contributed by atoms with E-state index in [4.69, 9.17) is 0 Å². The number of urea groups is 1.